The summed E-state index contributed by atoms with van der Waals surface area (Å²) < 4.78 is 0. The van der Waals surface area contributed by atoms with E-state index in [-0.39, 0.29) is 12.3 Å². The van der Waals surface area contributed by atoms with Crippen LogP contribution in [0.5, 0.6) is 0 Å². The van der Waals surface area contributed by atoms with Crippen LogP contribution in [-0.4, -0.2) is 29.1 Å². The maximum absolute atomic E-state index is 12.1. The SMILES string of the molecule is Nc1nc(CC(=O)Nc2ccc(CCNC[C@H](O)c3cccc(Cl)c3)cc2)cs1. The quantitative estimate of drug-likeness (QED) is 0.390. The van der Waals surface area contributed by atoms with Gasteiger partial charge in [-0.1, -0.05) is 35.9 Å². The molecule has 0 fully saturated rings. The average molecular weight is 431 g/mol. The van der Waals surface area contributed by atoms with Gasteiger partial charge in [-0.15, -0.1) is 11.3 Å². The predicted octanol–water partition coefficient (Wildman–Crippen LogP) is 3.43. The van der Waals surface area contributed by atoms with Crippen molar-refractivity contribution in [3.63, 3.8) is 0 Å². The Morgan fingerprint density at radius 2 is 2.03 bits per heavy atom. The third kappa shape index (κ3) is 6.83. The van der Waals surface area contributed by atoms with Crippen LogP contribution in [0.3, 0.4) is 0 Å². The molecule has 0 radical (unpaired) electrons. The van der Waals surface area contributed by atoms with Crippen LogP contribution >= 0.6 is 22.9 Å². The molecule has 0 aliphatic heterocycles. The van der Waals surface area contributed by atoms with Gasteiger partial charge in [-0.25, -0.2) is 4.98 Å². The fourth-order valence-electron chi connectivity index (χ4n) is 2.83. The Morgan fingerprint density at radius 1 is 1.24 bits per heavy atom. The summed E-state index contributed by atoms with van der Waals surface area (Å²) in [6.07, 6.45) is 0.419. The largest absolute Gasteiger partial charge is 0.387 e. The molecule has 8 heteroatoms. The number of anilines is 2. The van der Waals surface area contributed by atoms with E-state index < -0.39 is 6.10 Å². The van der Waals surface area contributed by atoms with Gasteiger partial charge in [0.05, 0.1) is 18.2 Å². The highest BCUT2D eigenvalue weighted by Gasteiger charge is 2.08. The third-order valence-corrected chi connectivity index (χ3v) is 5.27. The fourth-order valence-corrected chi connectivity index (χ4v) is 3.59. The molecule has 0 spiro atoms. The molecule has 1 aromatic heterocycles. The summed E-state index contributed by atoms with van der Waals surface area (Å²) in [6.45, 7) is 1.18. The Bertz CT molecular complexity index is 946. The molecule has 1 atom stereocenters. The minimum atomic E-state index is -0.598. The first kappa shape index (κ1) is 21.3. The van der Waals surface area contributed by atoms with Crippen molar-refractivity contribution >= 4 is 39.7 Å². The van der Waals surface area contributed by atoms with Gasteiger partial charge in [0, 0.05) is 22.6 Å². The van der Waals surface area contributed by atoms with E-state index in [0.717, 1.165) is 29.8 Å². The summed E-state index contributed by atoms with van der Waals surface area (Å²) in [5.74, 6) is -0.125. The number of aromatic nitrogens is 1. The smallest absolute Gasteiger partial charge is 0.230 e. The van der Waals surface area contributed by atoms with Crippen molar-refractivity contribution in [1.29, 1.82) is 0 Å². The van der Waals surface area contributed by atoms with Crippen molar-refractivity contribution in [2.45, 2.75) is 18.9 Å². The van der Waals surface area contributed by atoms with E-state index in [4.69, 9.17) is 17.3 Å². The van der Waals surface area contributed by atoms with Crippen molar-refractivity contribution in [3.05, 3.63) is 75.8 Å². The maximum atomic E-state index is 12.1. The summed E-state index contributed by atoms with van der Waals surface area (Å²) in [7, 11) is 0. The number of nitrogens with zero attached hydrogens (tertiary/aromatic N) is 1. The van der Waals surface area contributed by atoms with Crippen molar-refractivity contribution in [2.75, 3.05) is 24.1 Å². The first-order valence-corrected chi connectivity index (χ1v) is 10.5. The van der Waals surface area contributed by atoms with E-state index in [1.54, 1.807) is 17.5 Å². The number of nitrogens with one attached hydrogen (secondary N) is 2. The molecule has 0 aliphatic carbocycles. The number of hydrogen-bond donors (Lipinski definition) is 4. The predicted molar refractivity (Wildman–Crippen MR) is 118 cm³/mol. The molecule has 0 saturated heterocycles. The van der Waals surface area contributed by atoms with E-state index in [1.165, 1.54) is 11.3 Å². The van der Waals surface area contributed by atoms with Gasteiger partial charge in [0.2, 0.25) is 5.91 Å². The second-order valence-electron chi connectivity index (χ2n) is 6.62. The maximum Gasteiger partial charge on any atom is 0.230 e. The molecule has 0 unspecified atom stereocenters. The number of hydrogen-bond acceptors (Lipinski definition) is 6. The van der Waals surface area contributed by atoms with E-state index in [2.05, 4.69) is 15.6 Å². The number of amides is 1. The highest BCUT2D eigenvalue weighted by atomic mass is 35.5. The van der Waals surface area contributed by atoms with Crippen LogP contribution in [0.2, 0.25) is 5.02 Å². The zero-order chi connectivity index (χ0) is 20.6. The zero-order valence-electron chi connectivity index (χ0n) is 15.8. The monoisotopic (exact) mass is 430 g/mol. The number of thiazole rings is 1. The van der Waals surface area contributed by atoms with Crippen molar-refractivity contribution in [2.24, 2.45) is 0 Å². The average Bonchev–Trinajstić information content (AvgIpc) is 3.10. The van der Waals surface area contributed by atoms with Gasteiger partial charge in [0.25, 0.3) is 0 Å². The lowest BCUT2D eigenvalue weighted by Crippen LogP contribution is -2.23. The first-order chi connectivity index (χ1) is 14.0. The normalized spacial score (nSPS) is 11.9. The second-order valence-corrected chi connectivity index (χ2v) is 7.95. The molecule has 2 aromatic carbocycles. The van der Waals surface area contributed by atoms with Crippen molar-refractivity contribution < 1.29 is 9.90 Å². The molecule has 1 amide bonds. The minimum Gasteiger partial charge on any atom is -0.387 e. The number of carbonyl (C=O) groups excluding carboxylic acids is 1. The van der Waals surface area contributed by atoms with Gasteiger partial charge in [-0.3, -0.25) is 4.79 Å². The van der Waals surface area contributed by atoms with Crippen LogP contribution in [0, 0.1) is 0 Å². The van der Waals surface area contributed by atoms with Crippen molar-refractivity contribution in [3.8, 4) is 0 Å². The van der Waals surface area contributed by atoms with Crippen LogP contribution in [0.4, 0.5) is 10.8 Å². The summed E-state index contributed by atoms with van der Waals surface area (Å²) in [6, 6.07) is 14.9. The van der Waals surface area contributed by atoms with Gasteiger partial charge < -0.3 is 21.5 Å². The van der Waals surface area contributed by atoms with Gasteiger partial charge in [-0.2, -0.15) is 0 Å². The van der Waals surface area contributed by atoms with Gasteiger partial charge in [-0.05, 0) is 48.4 Å². The first-order valence-electron chi connectivity index (χ1n) is 9.22. The Balaban J connectivity index is 1.39. The Kier molecular flexibility index (Phi) is 7.60. The van der Waals surface area contributed by atoms with Crippen LogP contribution in [0.1, 0.15) is 22.9 Å². The molecule has 1 heterocycles. The molecule has 6 nitrogen and oxygen atoms in total. The number of aliphatic hydroxyl groups excluding tert-OH is 1. The summed E-state index contributed by atoms with van der Waals surface area (Å²) in [5.41, 5.74) is 8.93. The van der Waals surface area contributed by atoms with E-state index in [9.17, 15) is 9.90 Å². The molecule has 0 saturated carbocycles. The number of carbonyl (C=O) groups is 1. The minimum absolute atomic E-state index is 0.125. The lowest BCUT2D eigenvalue weighted by Gasteiger charge is -2.12. The third-order valence-electron chi connectivity index (χ3n) is 4.31. The Labute approximate surface area is 178 Å². The van der Waals surface area contributed by atoms with Crippen LogP contribution < -0.4 is 16.4 Å². The Hall–Kier alpha value is -2.45. The van der Waals surface area contributed by atoms with Crippen LogP contribution in [0.25, 0.3) is 0 Å². The number of aliphatic hydroxyl groups is 1. The fraction of sp³-hybridized carbons (Fsp3) is 0.238. The summed E-state index contributed by atoms with van der Waals surface area (Å²) in [4.78, 5) is 16.1. The van der Waals surface area contributed by atoms with E-state index in [1.807, 2.05) is 36.4 Å². The number of nitrogens with two attached hydrogens (primary N) is 1. The van der Waals surface area contributed by atoms with E-state index in [0.29, 0.717) is 22.4 Å². The summed E-state index contributed by atoms with van der Waals surface area (Å²) >= 11 is 7.27. The zero-order valence-corrected chi connectivity index (χ0v) is 17.3. The molecular formula is C21H23ClN4O2S. The number of halogens is 1. The molecule has 0 aliphatic rings. The lowest BCUT2D eigenvalue weighted by atomic mass is 10.1. The van der Waals surface area contributed by atoms with Crippen LogP contribution in [-0.2, 0) is 17.6 Å². The van der Waals surface area contributed by atoms with Crippen molar-refractivity contribution in [1.82, 2.24) is 10.3 Å². The molecule has 3 rings (SSSR count). The van der Waals surface area contributed by atoms with E-state index >= 15 is 0 Å². The van der Waals surface area contributed by atoms with Crippen LogP contribution in [0.15, 0.2) is 53.9 Å². The molecule has 5 N–H and O–H groups in total. The Morgan fingerprint density at radius 3 is 2.72 bits per heavy atom. The molecule has 0 bridgehead atoms. The standard InChI is InChI=1S/C21H23ClN4O2S/c22-16-3-1-2-15(10-16)19(27)12-24-9-8-14-4-6-17(7-5-14)25-20(28)11-18-13-29-21(23)26-18/h1-7,10,13,19,24,27H,8-9,11-12H2,(H2,23,26)(H,25,28)/t19-/m0/s1. The van der Waals surface area contributed by atoms with Gasteiger partial charge in [0.15, 0.2) is 5.13 Å². The number of benzene rings is 2. The highest BCUT2D eigenvalue weighted by Crippen LogP contribution is 2.17. The number of rotatable bonds is 9. The number of nitrogen functional groups attached to an aromatic ring is 1. The van der Waals surface area contributed by atoms with Gasteiger partial charge >= 0.3 is 0 Å². The summed E-state index contributed by atoms with van der Waals surface area (Å²) in [5, 5.41) is 19.2. The highest BCUT2D eigenvalue weighted by molar-refractivity contribution is 7.13. The topological polar surface area (TPSA) is 100 Å². The molecule has 152 valence electrons. The molecule has 29 heavy (non-hydrogen) atoms. The second kappa shape index (κ2) is 10.4. The molecular weight excluding hydrogens is 408 g/mol. The lowest BCUT2D eigenvalue weighted by molar-refractivity contribution is -0.115. The molecule has 3 aromatic rings. The van der Waals surface area contributed by atoms with Gasteiger partial charge in [0.1, 0.15) is 0 Å².